The smallest absolute Gasteiger partial charge is 0.267 e. The molecule has 6 heteroatoms. The van der Waals surface area contributed by atoms with Crippen LogP contribution in [0.5, 0.6) is 0 Å². The minimum atomic E-state index is -0.101. The molecule has 0 aliphatic heterocycles. The number of rotatable bonds is 2. The molecular weight excluding hydrogens is 260 g/mol. The third kappa shape index (κ3) is 1.84. The van der Waals surface area contributed by atoms with Crippen molar-refractivity contribution in [3.8, 4) is 5.69 Å². The van der Waals surface area contributed by atoms with Crippen LogP contribution in [0.25, 0.3) is 16.7 Å². The molecule has 0 atom stereocenters. The van der Waals surface area contributed by atoms with Crippen molar-refractivity contribution in [1.82, 2.24) is 19.3 Å². The molecule has 0 saturated heterocycles. The number of para-hydroxylation sites is 1. The number of hydrogen-bond donors (Lipinski definition) is 0. The van der Waals surface area contributed by atoms with Crippen LogP contribution in [0.3, 0.4) is 0 Å². The Kier molecular flexibility index (Phi) is 2.87. The normalized spacial score (nSPS) is 11.1. The van der Waals surface area contributed by atoms with Gasteiger partial charge in [0.2, 0.25) is 0 Å². The van der Waals surface area contributed by atoms with Crippen LogP contribution in [-0.4, -0.2) is 25.6 Å². The molecule has 0 N–H and O–H groups in total. The van der Waals surface area contributed by atoms with Crippen molar-refractivity contribution in [2.45, 2.75) is 5.16 Å². The minimum absolute atomic E-state index is 0.101. The summed E-state index contributed by atoms with van der Waals surface area (Å²) in [5.74, 6) is 0. The van der Waals surface area contributed by atoms with Crippen molar-refractivity contribution in [2.75, 3.05) is 6.26 Å². The zero-order valence-corrected chi connectivity index (χ0v) is 11.4. The topological polar surface area (TPSA) is 52.7 Å². The van der Waals surface area contributed by atoms with E-state index in [-0.39, 0.29) is 5.56 Å². The van der Waals surface area contributed by atoms with Gasteiger partial charge in [0.1, 0.15) is 5.39 Å². The van der Waals surface area contributed by atoms with Gasteiger partial charge in [0.15, 0.2) is 10.8 Å². The van der Waals surface area contributed by atoms with Gasteiger partial charge >= 0.3 is 0 Å². The SMILES string of the molecule is CSc1ncc2c(=O)n(-c3ccccc3)n(C)c2n1. The zero-order valence-electron chi connectivity index (χ0n) is 10.6. The van der Waals surface area contributed by atoms with E-state index in [1.165, 1.54) is 11.8 Å². The Balaban J connectivity index is 2.35. The summed E-state index contributed by atoms with van der Waals surface area (Å²) in [6, 6.07) is 9.51. The molecule has 2 aromatic heterocycles. The second-order valence-corrected chi connectivity index (χ2v) is 4.84. The van der Waals surface area contributed by atoms with E-state index in [4.69, 9.17) is 0 Å². The van der Waals surface area contributed by atoms with Crippen molar-refractivity contribution in [1.29, 1.82) is 0 Å². The predicted octanol–water partition coefficient (Wildman–Crippen LogP) is 1.84. The van der Waals surface area contributed by atoms with Crippen LogP contribution in [0, 0.1) is 0 Å². The molecule has 0 radical (unpaired) electrons. The first-order valence-electron chi connectivity index (χ1n) is 5.76. The largest absolute Gasteiger partial charge is 0.282 e. The molecule has 0 saturated carbocycles. The number of nitrogens with zero attached hydrogens (tertiary/aromatic N) is 4. The van der Waals surface area contributed by atoms with E-state index in [2.05, 4.69) is 9.97 Å². The van der Waals surface area contributed by atoms with Gasteiger partial charge in [-0.3, -0.25) is 9.48 Å². The first-order valence-corrected chi connectivity index (χ1v) is 6.99. The molecule has 0 fully saturated rings. The third-order valence-electron chi connectivity index (χ3n) is 2.96. The maximum absolute atomic E-state index is 12.4. The Hall–Kier alpha value is -2.08. The van der Waals surface area contributed by atoms with Gasteiger partial charge in [-0.1, -0.05) is 30.0 Å². The van der Waals surface area contributed by atoms with Gasteiger partial charge in [-0.05, 0) is 18.4 Å². The highest BCUT2D eigenvalue weighted by Gasteiger charge is 2.14. The second-order valence-electron chi connectivity index (χ2n) is 4.07. The van der Waals surface area contributed by atoms with Gasteiger partial charge in [0.05, 0.1) is 5.69 Å². The molecule has 5 nitrogen and oxygen atoms in total. The van der Waals surface area contributed by atoms with Gasteiger partial charge in [-0.2, -0.15) is 0 Å². The molecule has 96 valence electrons. The zero-order chi connectivity index (χ0) is 13.4. The lowest BCUT2D eigenvalue weighted by Crippen LogP contribution is -2.19. The Bertz CT molecular complexity index is 792. The van der Waals surface area contributed by atoms with Crippen LogP contribution in [0.2, 0.25) is 0 Å². The summed E-state index contributed by atoms with van der Waals surface area (Å²) in [4.78, 5) is 21.0. The van der Waals surface area contributed by atoms with E-state index >= 15 is 0 Å². The first-order chi connectivity index (χ1) is 9.22. The summed E-state index contributed by atoms with van der Waals surface area (Å²) in [6.45, 7) is 0. The number of benzene rings is 1. The van der Waals surface area contributed by atoms with Crippen molar-refractivity contribution < 1.29 is 0 Å². The molecule has 3 aromatic rings. The highest BCUT2D eigenvalue weighted by atomic mass is 32.2. The van der Waals surface area contributed by atoms with Crippen LogP contribution in [0.15, 0.2) is 46.5 Å². The molecule has 3 rings (SSSR count). The highest BCUT2D eigenvalue weighted by Crippen LogP contribution is 2.15. The third-order valence-corrected chi connectivity index (χ3v) is 3.52. The average Bonchev–Trinajstić information content (AvgIpc) is 2.71. The number of thioether (sulfide) groups is 1. The fourth-order valence-corrected chi connectivity index (χ4v) is 2.39. The summed E-state index contributed by atoms with van der Waals surface area (Å²) in [7, 11) is 1.83. The molecule has 0 bridgehead atoms. The van der Waals surface area contributed by atoms with Crippen LogP contribution >= 0.6 is 11.8 Å². The van der Waals surface area contributed by atoms with E-state index in [0.717, 1.165) is 5.69 Å². The van der Waals surface area contributed by atoms with Gasteiger partial charge in [0, 0.05) is 13.2 Å². The highest BCUT2D eigenvalue weighted by molar-refractivity contribution is 7.98. The van der Waals surface area contributed by atoms with Crippen molar-refractivity contribution in [3.63, 3.8) is 0 Å². The van der Waals surface area contributed by atoms with Crippen molar-refractivity contribution >= 4 is 22.8 Å². The Morgan fingerprint density at radius 2 is 1.95 bits per heavy atom. The molecule has 0 aliphatic rings. The molecule has 0 unspecified atom stereocenters. The molecule has 1 aromatic carbocycles. The predicted molar refractivity (Wildman–Crippen MR) is 75.9 cm³/mol. The standard InChI is InChI=1S/C13H12N4OS/c1-16-11-10(8-14-13(15-11)19-2)12(18)17(16)9-6-4-3-5-7-9/h3-8H,1-2H3. The lowest BCUT2D eigenvalue weighted by Gasteiger charge is -2.06. The van der Waals surface area contributed by atoms with Crippen LogP contribution in [0.4, 0.5) is 0 Å². The Morgan fingerprint density at radius 3 is 2.63 bits per heavy atom. The van der Waals surface area contributed by atoms with E-state index in [1.807, 2.05) is 43.6 Å². The fraction of sp³-hybridized carbons (Fsp3) is 0.154. The number of hydrogen-bond acceptors (Lipinski definition) is 4. The monoisotopic (exact) mass is 272 g/mol. The van der Waals surface area contributed by atoms with Crippen LogP contribution in [0.1, 0.15) is 0 Å². The summed E-state index contributed by atoms with van der Waals surface area (Å²) >= 11 is 1.46. The van der Waals surface area contributed by atoms with Gasteiger partial charge in [-0.15, -0.1) is 0 Å². The first kappa shape index (κ1) is 12.0. The number of fused-ring (bicyclic) bond motifs is 1. The van der Waals surface area contributed by atoms with Gasteiger partial charge < -0.3 is 0 Å². The minimum Gasteiger partial charge on any atom is -0.267 e. The molecule has 0 aliphatic carbocycles. The molecule has 0 spiro atoms. The summed E-state index contributed by atoms with van der Waals surface area (Å²) in [5.41, 5.74) is 1.36. The number of aryl methyl sites for hydroxylation is 1. The fourth-order valence-electron chi connectivity index (χ4n) is 2.06. The molecule has 19 heavy (non-hydrogen) atoms. The van der Waals surface area contributed by atoms with Gasteiger partial charge in [0.25, 0.3) is 5.56 Å². The van der Waals surface area contributed by atoms with Crippen molar-refractivity contribution in [2.24, 2.45) is 7.05 Å². The summed E-state index contributed by atoms with van der Waals surface area (Å²) in [5, 5.41) is 1.19. The molecular formula is C13H12N4OS. The maximum atomic E-state index is 12.4. The quantitative estimate of drug-likeness (QED) is 0.527. The van der Waals surface area contributed by atoms with E-state index in [9.17, 15) is 4.79 Å². The second kappa shape index (κ2) is 4.55. The maximum Gasteiger partial charge on any atom is 0.282 e. The van der Waals surface area contributed by atoms with E-state index in [1.54, 1.807) is 15.6 Å². The lowest BCUT2D eigenvalue weighted by atomic mass is 10.3. The molecule has 2 heterocycles. The van der Waals surface area contributed by atoms with E-state index < -0.39 is 0 Å². The summed E-state index contributed by atoms with van der Waals surface area (Å²) < 4.78 is 3.36. The number of aromatic nitrogens is 4. The van der Waals surface area contributed by atoms with Crippen LogP contribution < -0.4 is 5.56 Å². The average molecular weight is 272 g/mol. The summed E-state index contributed by atoms with van der Waals surface area (Å²) in [6.07, 6.45) is 3.50. The van der Waals surface area contributed by atoms with Crippen molar-refractivity contribution in [3.05, 3.63) is 46.9 Å². The van der Waals surface area contributed by atoms with Gasteiger partial charge in [-0.25, -0.2) is 14.6 Å². The van der Waals surface area contributed by atoms with E-state index in [0.29, 0.717) is 16.2 Å². The molecule has 0 amide bonds. The Morgan fingerprint density at radius 1 is 1.21 bits per heavy atom. The lowest BCUT2D eigenvalue weighted by molar-refractivity contribution is 0.658. The van der Waals surface area contributed by atoms with Crippen LogP contribution in [-0.2, 0) is 7.05 Å². The Labute approximate surface area is 113 Å².